The van der Waals surface area contributed by atoms with E-state index in [0.717, 1.165) is 0 Å². The molecule has 0 N–H and O–H groups in total. The summed E-state index contributed by atoms with van der Waals surface area (Å²) in [5.41, 5.74) is 0. The van der Waals surface area contributed by atoms with Crippen molar-refractivity contribution in [2.45, 2.75) is 48.0 Å². The van der Waals surface area contributed by atoms with E-state index in [2.05, 4.69) is 0 Å². The summed E-state index contributed by atoms with van der Waals surface area (Å²) in [6.45, 7) is -3.47. The molecule has 0 rings (SSSR count). The van der Waals surface area contributed by atoms with Gasteiger partial charge in [0.2, 0.25) is 0 Å². The Labute approximate surface area is 215 Å². The number of carboxylic acids is 1. The van der Waals surface area contributed by atoms with Crippen LogP contribution >= 0.6 is 0 Å². The van der Waals surface area contributed by atoms with E-state index in [1.54, 1.807) is 0 Å². The fraction of sp³-hybridized carbons (Fsp3) is 0.909. The topological polar surface area (TPSA) is 77.5 Å². The van der Waals surface area contributed by atoms with Gasteiger partial charge in [0, 0.05) is 6.54 Å². The molecule has 0 saturated heterocycles. The van der Waals surface area contributed by atoms with E-state index in [0.29, 0.717) is 6.92 Å². The van der Waals surface area contributed by atoms with Crippen molar-refractivity contribution in [2.75, 3.05) is 13.1 Å². The third-order valence-electron chi connectivity index (χ3n) is 3.62. The molecule has 5 nitrogen and oxygen atoms in total. The molecule has 0 fully saturated rings. The fourth-order valence-electron chi connectivity index (χ4n) is 1.79. The molecular weight excluding hydrogens is 566 g/mol. The first-order valence-corrected chi connectivity index (χ1v) is 8.60. The molecule has 0 spiro atoms. The standard InChI is InChI=1S/C11H8F15NO4S.K/c1-2-27(3-4(28)29)32(30,31)11(25,26)9(20,21)7(16,17)5(12,13)6(14,15)8(18,19)10(22,23)24;/h2-3H2,1H3,(H,28,29);/q;+1/p-1. The van der Waals surface area contributed by atoms with Gasteiger partial charge in [-0.2, -0.15) is 70.2 Å². The number of nitrogens with zero attached hydrogens (tertiary/aromatic N) is 1. The number of carbonyl (C=O) groups excluding carboxylic acids is 1. The molecule has 0 aliphatic carbocycles. The number of rotatable bonds is 10. The van der Waals surface area contributed by atoms with Crippen molar-refractivity contribution >= 4 is 16.0 Å². The van der Waals surface area contributed by atoms with Crippen molar-refractivity contribution in [3.05, 3.63) is 0 Å². The summed E-state index contributed by atoms with van der Waals surface area (Å²) < 4.78 is 217. The number of carbonyl (C=O) groups is 1. The number of hydrogen-bond acceptors (Lipinski definition) is 4. The molecule has 0 bridgehead atoms. The van der Waals surface area contributed by atoms with Crippen LogP contribution in [0.3, 0.4) is 0 Å². The molecule has 0 aromatic rings. The normalized spacial score (nSPS) is 15.4. The van der Waals surface area contributed by atoms with Gasteiger partial charge in [-0.1, -0.05) is 6.92 Å². The number of carboxylic acid groups (broad SMARTS) is 1. The molecule has 0 amide bonds. The Morgan fingerprint density at radius 3 is 1.27 bits per heavy atom. The fourth-order valence-corrected chi connectivity index (χ4v) is 3.18. The van der Waals surface area contributed by atoms with E-state index in [-0.39, 0.29) is 51.4 Å². The van der Waals surface area contributed by atoms with Crippen molar-refractivity contribution in [2.24, 2.45) is 0 Å². The average Bonchev–Trinajstić information content (AvgIpc) is 2.57. The molecule has 0 saturated carbocycles. The van der Waals surface area contributed by atoms with Crippen molar-refractivity contribution in [3.63, 3.8) is 0 Å². The first kappa shape index (κ1) is 35.1. The van der Waals surface area contributed by atoms with Gasteiger partial charge in [0.25, 0.3) is 10.0 Å². The van der Waals surface area contributed by atoms with Gasteiger partial charge in [-0.3, -0.25) is 0 Å². The average molecular weight is 573 g/mol. The van der Waals surface area contributed by atoms with Crippen molar-refractivity contribution in [3.8, 4) is 0 Å². The summed E-state index contributed by atoms with van der Waals surface area (Å²) in [6, 6.07) is 0. The SMILES string of the molecule is CCN(CC(=O)[O-])S(=O)(=O)C(F)(F)C(F)(F)C(F)(F)C(F)(F)C(F)(F)C(F)(F)C(F)(F)F.[K+]. The summed E-state index contributed by atoms with van der Waals surface area (Å²) in [6.07, 6.45) is -7.80. The van der Waals surface area contributed by atoms with Gasteiger partial charge >= 0.3 is 92.4 Å². The zero-order chi connectivity index (χ0) is 26.6. The number of alkyl halides is 15. The second-order valence-corrected chi connectivity index (χ2v) is 7.67. The summed E-state index contributed by atoms with van der Waals surface area (Å²) in [5.74, 6) is -45.0. The van der Waals surface area contributed by atoms with Gasteiger partial charge in [-0.25, -0.2) is 8.42 Å². The minimum atomic E-state index is -8.66. The van der Waals surface area contributed by atoms with Crippen molar-refractivity contribution in [1.29, 1.82) is 0 Å². The predicted molar refractivity (Wildman–Crippen MR) is 66.9 cm³/mol. The van der Waals surface area contributed by atoms with E-state index < -0.39 is 74.4 Å². The molecule has 192 valence electrons. The molecule has 0 aromatic heterocycles. The monoisotopic (exact) mass is 573 g/mol. The van der Waals surface area contributed by atoms with Crippen molar-refractivity contribution in [1.82, 2.24) is 4.31 Å². The van der Waals surface area contributed by atoms with E-state index in [4.69, 9.17) is 0 Å². The molecule has 0 radical (unpaired) electrons. The van der Waals surface area contributed by atoms with Gasteiger partial charge < -0.3 is 9.90 Å². The van der Waals surface area contributed by atoms with Crippen LogP contribution < -0.4 is 56.5 Å². The van der Waals surface area contributed by atoms with Crippen LogP contribution in [0.5, 0.6) is 0 Å². The van der Waals surface area contributed by atoms with Crippen LogP contribution in [0.4, 0.5) is 65.9 Å². The number of halogens is 15. The summed E-state index contributed by atoms with van der Waals surface area (Å²) >= 11 is 0. The summed E-state index contributed by atoms with van der Waals surface area (Å²) in [4.78, 5) is 10.3. The van der Waals surface area contributed by atoms with Crippen LogP contribution in [0.15, 0.2) is 0 Å². The Morgan fingerprint density at radius 2 is 1.00 bits per heavy atom. The number of likely N-dealkylation sites (N-methyl/N-ethyl adjacent to an activating group) is 1. The second kappa shape index (κ2) is 9.79. The first-order chi connectivity index (χ1) is 13.6. The molecule has 0 heterocycles. The molecule has 0 aromatic carbocycles. The van der Waals surface area contributed by atoms with Crippen LogP contribution in [0.2, 0.25) is 0 Å². The van der Waals surface area contributed by atoms with Crippen molar-refractivity contribution < 1.29 is 136 Å². The Hall–Kier alpha value is -0.0336. The maximum absolute atomic E-state index is 13.8. The minimum Gasteiger partial charge on any atom is -0.549 e. The predicted octanol–water partition coefficient (Wildman–Crippen LogP) is -0.276. The third kappa shape index (κ3) is 5.11. The Morgan fingerprint density at radius 1 is 0.697 bits per heavy atom. The number of sulfonamides is 1. The molecule has 0 aliphatic heterocycles. The second-order valence-electron chi connectivity index (χ2n) is 5.69. The summed E-state index contributed by atoms with van der Waals surface area (Å²) in [7, 11) is -7.50. The summed E-state index contributed by atoms with van der Waals surface area (Å²) in [5, 5.41) is 2.63. The van der Waals surface area contributed by atoms with Gasteiger partial charge in [0.15, 0.2) is 0 Å². The maximum atomic E-state index is 13.8. The van der Waals surface area contributed by atoms with E-state index in [1.165, 1.54) is 0 Å². The zero-order valence-corrected chi connectivity index (χ0v) is 19.5. The smallest absolute Gasteiger partial charge is 0.549 e. The van der Waals surface area contributed by atoms with Crippen LogP contribution in [0.25, 0.3) is 0 Å². The van der Waals surface area contributed by atoms with Crippen LogP contribution in [-0.4, -0.2) is 72.8 Å². The van der Waals surface area contributed by atoms with Crippen LogP contribution in [0, 0.1) is 0 Å². The molecule has 0 unspecified atom stereocenters. The number of hydrogen-bond donors (Lipinski definition) is 0. The molecule has 0 aliphatic rings. The van der Waals surface area contributed by atoms with Crippen LogP contribution in [-0.2, 0) is 14.8 Å². The number of aliphatic carboxylic acids is 1. The maximum Gasteiger partial charge on any atom is 1.00 e. The van der Waals surface area contributed by atoms with E-state index >= 15 is 0 Å². The Bertz CT molecular complexity index is 826. The molecule has 0 atom stereocenters. The zero-order valence-electron chi connectivity index (χ0n) is 15.6. The first-order valence-electron chi connectivity index (χ1n) is 7.16. The van der Waals surface area contributed by atoms with Gasteiger partial charge in [-0.15, -0.1) is 0 Å². The molecule has 33 heavy (non-hydrogen) atoms. The van der Waals surface area contributed by atoms with Crippen LogP contribution in [0.1, 0.15) is 6.92 Å². The van der Waals surface area contributed by atoms with Gasteiger partial charge in [-0.05, 0) is 0 Å². The largest absolute Gasteiger partial charge is 1.00 e. The minimum absolute atomic E-state index is 0. The Kier molecular flexibility index (Phi) is 10.4. The van der Waals surface area contributed by atoms with Gasteiger partial charge in [0.05, 0.1) is 12.5 Å². The Balaban J connectivity index is 0. The van der Waals surface area contributed by atoms with Gasteiger partial charge in [0.1, 0.15) is 0 Å². The quantitative estimate of drug-likeness (QED) is 0.267. The molecule has 22 heteroatoms. The molecular formula is C11H7F15KNO4S. The third-order valence-corrected chi connectivity index (χ3v) is 5.59. The van der Waals surface area contributed by atoms with E-state index in [1.807, 2.05) is 0 Å². The van der Waals surface area contributed by atoms with E-state index in [9.17, 15) is 84.2 Å².